The van der Waals surface area contributed by atoms with Crippen molar-refractivity contribution in [1.29, 1.82) is 0 Å². The number of ether oxygens (including phenoxy) is 3. The average molecular weight is 646 g/mol. The number of nitrogens with one attached hydrogen (secondary N) is 1. The molecule has 0 heterocycles. The zero-order valence-electron chi connectivity index (χ0n) is 26.1. The molecule has 3 rings (SSSR count). The molecule has 0 spiro atoms. The van der Waals surface area contributed by atoms with Crippen LogP contribution >= 0.6 is 11.6 Å². The van der Waals surface area contributed by atoms with Gasteiger partial charge in [-0.3, -0.25) is 13.9 Å². The van der Waals surface area contributed by atoms with Gasteiger partial charge in [-0.2, -0.15) is 0 Å². The lowest BCUT2D eigenvalue weighted by molar-refractivity contribution is -0.139. The highest BCUT2D eigenvalue weighted by atomic mass is 35.5. The maximum atomic E-state index is 14.3. The Hall–Kier alpha value is -3.96. The molecule has 44 heavy (non-hydrogen) atoms. The van der Waals surface area contributed by atoms with Gasteiger partial charge in [-0.25, -0.2) is 8.42 Å². The summed E-state index contributed by atoms with van der Waals surface area (Å²) in [4.78, 5) is 28.7. The van der Waals surface area contributed by atoms with E-state index < -0.39 is 28.5 Å². The van der Waals surface area contributed by atoms with Gasteiger partial charge in [-0.15, -0.1) is 0 Å². The smallest absolute Gasteiger partial charge is 0.265 e. The lowest BCUT2D eigenvalue weighted by Gasteiger charge is -2.33. The van der Waals surface area contributed by atoms with Crippen molar-refractivity contribution in [2.24, 2.45) is 0 Å². The Morgan fingerprint density at radius 3 is 2.18 bits per heavy atom. The number of hydrogen-bond acceptors (Lipinski definition) is 7. The Balaban J connectivity index is 2.15. The predicted molar refractivity (Wildman–Crippen MR) is 171 cm³/mol. The molecule has 0 unspecified atom stereocenters. The molecular weight excluding hydrogens is 606 g/mol. The number of halogens is 1. The lowest BCUT2D eigenvalue weighted by atomic mass is 10.1. The minimum atomic E-state index is -4.43. The Bertz CT molecular complexity index is 1580. The van der Waals surface area contributed by atoms with Crippen molar-refractivity contribution < 1.29 is 32.2 Å². The van der Waals surface area contributed by atoms with Crippen molar-refractivity contribution in [3.63, 3.8) is 0 Å². The van der Waals surface area contributed by atoms with Gasteiger partial charge < -0.3 is 24.4 Å². The van der Waals surface area contributed by atoms with E-state index in [1.165, 1.54) is 56.6 Å². The number of anilines is 1. The minimum Gasteiger partial charge on any atom is -0.495 e. The van der Waals surface area contributed by atoms with Gasteiger partial charge in [0.2, 0.25) is 11.8 Å². The van der Waals surface area contributed by atoms with Crippen LogP contribution in [0.3, 0.4) is 0 Å². The second-order valence-corrected chi connectivity index (χ2v) is 12.6. The fraction of sp³-hybridized carbons (Fsp3) is 0.375. The van der Waals surface area contributed by atoms with Crippen molar-refractivity contribution in [2.45, 2.75) is 57.6 Å². The summed E-state index contributed by atoms with van der Waals surface area (Å²) in [6.45, 7) is 6.80. The van der Waals surface area contributed by atoms with Crippen molar-refractivity contribution in [1.82, 2.24) is 10.2 Å². The number of carbonyl (C=O) groups excluding carboxylic acids is 2. The molecular formula is C32H40ClN3O7S. The standard InChI is InChI=1S/C32H40ClN3O7S/c1-8-22(3)34-32(38)23(4)35(19-24-11-9-10-21(2)16-24)31(37)20-36(27-17-25(33)12-14-28(27)41-5)44(39,40)26-13-15-29(42-6)30(18-26)43-7/h9-18,22-23H,8,19-20H2,1-7H3,(H,34,38)/t22-,23+/m1/s1. The molecule has 238 valence electrons. The van der Waals surface area contributed by atoms with E-state index in [-0.39, 0.29) is 45.6 Å². The maximum absolute atomic E-state index is 14.3. The highest BCUT2D eigenvalue weighted by Gasteiger charge is 2.34. The van der Waals surface area contributed by atoms with Gasteiger partial charge in [-0.1, -0.05) is 48.4 Å². The first kappa shape index (κ1) is 34.5. The number of rotatable bonds is 14. The number of carbonyl (C=O) groups is 2. The number of benzene rings is 3. The third kappa shape index (κ3) is 8.15. The maximum Gasteiger partial charge on any atom is 0.265 e. The first-order valence-electron chi connectivity index (χ1n) is 14.1. The second-order valence-electron chi connectivity index (χ2n) is 10.3. The molecule has 0 saturated carbocycles. The van der Waals surface area contributed by atoms with Crippen LogP contribution in [0.4, 0.5) is 5.69 Å². The van der Waals surface area contributed by atoms with Crippen LogP contribution < -0.4 is 23.8 Å². The van der Waals surface area contributed by atoms with E-state index in [2.05, 4.69) is 5.32 Å². The summed E-state index contributed by atoms with van der Waals surface area (Å²) in [5.74, 6) is -0.257. The molecule has 2 amide bonds. The van der Waals surface area contributed by atoms with Gasteiger partial charge in [0.25, 0.3) is 10.0 Å². The fourth-order valence-corrected chi connectivity index (χ4v) is 6.13. The molecule has 3 aromatic rings. The third-order valence-electron chi connectivity index (χ3n) is 7.24. The van der Waals surface area contributed by atoms with Crippen molar-refractivity contribution >= 4 is 39.1 Å². The van der Waals surface area contributed by atoms with E-state index in [9.17, 15) is 18.0 Å². The number of methoxy groups -OCH3 is 3. The molecule has 0 aliphatic carbocycles. The van der Waals surface area contributed by atoms with E-state index in [0.717, 1.165) is 15.4 Å². The summed E-state index contributed by atoms with van der Waals surface area (Å²) in [5, 5.41) is 3.16. The van der Waals surface area contributed by atoms with Crippen molar-refractivity contribution in [2.75, 3.05) is 32.2 Å². The highest BCUT2D eigenvalue weighted by molar-refractivity contribution is 7.92. The minimum absolute atomic E-state index is 0.0513. The van der Waals surface area contributed by atoms with E-state index in [4.69, 9.17) is 25.8 Å². The Kier molecular flexibility index (Phi) is 11.9. The summed E-state index contributed by atoms with van der Waals surface area (Å²) in [5.41, 5.74) is 1.82. The SMILES string of the molecule is CC[C@@H](C)NC(=O)[C@H](C)N(Cc1cccc(C)c1)C(=O)CN(c1cc(Cl)ccc1OC)S(=O)(=O)c1ccc(OC)c(OC)c1. The first-order valence-corrected chi connectivity index (χ1v) is 15.9. The summed E-state index contributed by atoms with van der Waals surface area (Å²) in [6.07, 6.45) is 0.705. The van der Waals surface area contributed by atoms with Gasteiger partial charge in [0.1, 0.15) is 18.3 Å². The fourth-order valence-electron chi connectivity index (χ4n) is 4.53. The van der Waals surface area contributed by atoms with Crippen LogP contribution in [0.2, 0.25) is 5.02 Å². The summed E-state index contributed by atoms with van der Waals surface area (Å²) >= 11 is 6.31. The van der Waals surface area contributed by atoms with E-state index in [1.807, 2.05) is 45.0 Å². The van der Waals surface area contributed by atoms with Gasteiger partial charge in [-0.05, 0) is 63.1 Å². The van der Waals surface area contributed by atoms with E-state index in [0.29, 0.717) is 12.2 Å². The van der Waals surface area contributed by atoms with Crippen LogP contribution in [0.25, 0.3) is 0 Å². The van der Waals surface area contributed by atoms with E-state index >= 15 is 0 Å². The normalized spacial score (nSPS) is 12.5. The van der Waals surface area contributed by atoms with Crippen molar-refractivity contribution in [3.8, 4) is 17.2 Å². The molecule has 3 aromatic carbocycles. The largest absolute Gasteiger partial charge is 0.495 e. The zero-order valence-corrected chi connectivity index (χ0v) is 27.7. The average Bonchev–Trinajstić information content (AvgIpc) is 3.01. The Labute approximate surface area is 264 Å². The van der Waals surface area contributed by atoms with Crippen LogP contribution in [-0.2, 0) is 26.2 Å². The second kappa shape index (κ2) is 15.2. The number of amides is 2. The monoisotopic (exact) mass is 645 g/mol. The lowest BCUT2D eigenvalue weighted by Crippen LogP contribution is -2.52. The summed E-state index contributed by atoms with van der Waals surface area (Å²) in [6, 6.07) is 15.2. The Morgan fingerprint density at radius 2 is 1.57 bits per heavy atom. The number of nitrogens with zero attached hydrogens (tertiary/aromatic N) is 2. The van der Waals surface area contributed by atoms with Crippen LogP contribution in [0.1, 0.15) is 38.3 Å². The molecule has 2 atom stereocenters. The van der Waals surface area contributed by atoms with Crippen LogP contribution in [0.15, 0.2) is 65.6 Å². The Morgan fingerprint density at radius 1 is 0.909 bits per heavy atom. The van der Waals surface area contributed by atoms with Crippen LogP contribution in [0, 0.1) is 6.92 Å². The first-order chi connectivity index (χ1) is 20.9. The van der Waals surface area contributed by atoms with E-state index in [1.54, 1.807) is 13.0 Å². The number of aryl methyl sites for hydroxylation is 1. The number of sulfonamides is 1. The van der Waals surface area contributed by atoms with Crippen LogP contribution in [-0.4, -0.2) is 65.1 Å². The number of hydrogen-bond donors (Lipinski definition) is 1. The van der Waals surface area contributed by atoms with Gasteiger partial charge in [0.15, 0.2) is 11.5 Å². The molecule has 0 fully saturated rings. The molecule has 0 aromatic heterocycles. The highest BCUT2D eigenvalue weighted by Crippen LogP contribution is 2.37. The molecule has 0 aliphatic rings. The molecule has 0 aliphatic heterocycles. The topological polar surface area (TPSA) is 114 Å². The molecule has 0 radical (unpaired) electrons. The van der Waals surface area contributed by atoms with Crippen LogP contribution in [0.5, 0.6) is 17.2 Å². The molecule has 0 saturated heterocycles. The predicted octanol–water partition coefficient (Wildman–Crippen LogP) is 5.20. The molecule has 0 bridgehead atoms. The summed E-state index contributed by atoms with van der Waals surface area (Å²) in [7, 11) is -0.204. The van der Waals surface area contributed by atoms with Gasteiger partial charge >= 0.3 is 0 Å². The van der Waals surface area contributed by atoms with Gasteiger partial charge in [0.05, 0.1) is 31.9 Å². The molecule has 1 N–H and O–H groups in total. The molecule has 12 heteroatoms. The molecule has 10 nitrogen and oxygen atoms in total. The zero-order chi connectivity index (χ0) is 32.6. The summed E-state index contributed by atoms with van der Waals surface area (Å²) < 4.78 is 45.7. The van der Waals surface area contributed by atoms with Crippen molar-refractivity contribution in [3.05, 3.63) is 76.8 Å². The third-order valence-corrected chi connectivity index (χ3v) is 9.23. The quantitative estimate of drug-likeness (QED) is 0.256. The van der Waals surface area contributed by atoms with Gasteiger partial charge in [0, 0.05) is 23.7 Å².